The van der Waals surface area contributed by atoms with Crippen molar-refractivity contribution in [2.24, 2.45) is 5.92 Å². The van der Waals surface area contributed by atoms with Gasteiger partial charge in [-0.3, -0.25) is 0 Å². The van der Waals surface area contributed by atoms with E-state index in [1.807, 2.05) is 6.07 Å². The first-order valence-electron chi connectivity index (χ1n) is 7.87. The van der Waals surface area contributed by atoms with Crippen LogP contribution in [0.4, 0.5) is 0 Å². The molecule has 1 fully saturated rings. The molecular weight excluding hydrogens is 290 g/mol. The third-order valence-corrected chi connectivity index (χ3v) is 5.18. The second-order valence-electron chi connectivity index (χ2n) is 5.87. The molecule has 0 aliphatic heterocycles. The zero-order valence-electron chi connectivity index (χ0n) is 12.7. The predicted molar refractivity (Wildman–Crippen MR) is 91.0 cm³/mol. The summed E-state index contributed by atoms with van der Waals surface area (Å²) >= 11 is 1.67. The lowest BCUT2D eigenvalue weighted by molar-refractivity contribution is 0.466. The van der Waals surface area contributed by atoms with Gasteiger partial charge in [-0.25, -0.2) is 4.98 Å². The van der Waals surface area contributed by atoms with Gasteiger partial charge in [0.15, 0.2) is 5.76 Å². The molecule has 1 aromatic heterocycles. The second-order valence-corrected chi connectivity index (χ2v) is 7.09. The number of rotatable bonds is 4. The van der Waals surface area contributed by atoms with Crippen LogP contribution in [-0.2, 0) is 5.41 Å². The average Bonchev–Trinajstić information content (AvgIpc) is 3.13. The van der Waals surface area contributed by atoms with Gasteiger partial charge >= 0.3 is 0 Å². The third-order valence-electron chi connectivity index (χ3n) is 4.47. The molecule has 2 aliphatic carbocycles. The van der Waals surface area contributed by atoms with E-state index in [4.69, 9.17) is 9.40 Å². The molecule has 4 rings (SSSR count). The molecule has 2 nitrogen and oxygen atoms in total. The Morgan fingerprint density at radius 2 is 2.14 bits per heavy atom. The maximum Gasteiger partial charge on any atom is 0.256 e. The van der Waals surface area contributed by atoms with Crippen LogP contribution in [-0.4, -0.2) is 10.7 Å². The molecule has 1 saturated carbocycles. The van der Waals surface area contributed by atoms with E-state index in [2.05, 4.69) is 55.5 Å². The topological polar surface area (TPSA) is 26.0 Å². The molecule has 0 saturated heterocycles. The van der Waals surface area contributed by atoms with Crippen molar-refractivity contribution in [1.29, 1.82) is 0 Å². The minimum Gasteiger partial charge on any atom is -0.431 e. The van der Waals surface area contributed by atoms with E-state index < -0.39 is 0 Å². The smallest absolute Gasteiger partial charge is 0.256 e. The van der Waals surface area contributed by atoms with Gasteiger partial charge in [-0.05, 0) is 24.5 Å². The summed E-state index contributed by atoms with van der Waals surface area (Å²) in [5.41, 5.74) is 2.28. The summed E-state index contributed by atoms with van der Waals surface area (Å²) in [6.45, 7) is 2.13. The lowest BCUT2D eigenvalue weighted by atomic mass is 9.95. The Hall–Kier alpha value is -1.74. The fraction of sp³-hybridized carbons (Fsp3) is 0.316. The monoisotopic (exact) mass is 309 g/mol. The van der Waals surface area contributed by atoms with Crippen molar-refractivity contribution < 1.29 is 4.42 Å². The minimum atomic E-state index is 0.0498. The summed E-state index contributed by atoms with van der Waals surface area (Å²) in [6, 6.07) is 10.4. The molecular formula is C19H19NOS. The Morgan fingerprint density at radius 1 is 1.27 bits per heavy atom. The number of allylic oxidation sites excluding steroid dienone is 4. The van der Waals surface area contributed by atoms with Crippen molar-refractivity contribution in [3.05, 3.63) is 60.3 Å². The lowest BCUT2D eigenvalue weighted by Gasteiger charge is -2.10. The van der Waals surface area contributed by atoms with Crippen LogP contribution in [0.15, 0.2) is 64.3 Å². The highest BCUT2D eigenvalue weighted by atomic mass is 32.2. The van der Waals surface area contributed by atoms with Gasteiger partial charge in [0, 0.05) is 11.0 Å². The largest absolute Gasteiger partial charge is 0.431 e. The molecule has 22 heavy (non-hydrogen) atoms. The van der Waals surface area contributed by atoms with Gasteiger partial charge in [0.2, 0.25) is 0 Å². The zero-order chi connectivity index (χ0) is 15.0. The third kappa shape index (κ3) is 2.24. The number of oxazole rings is 1. The Balaban J connectivity index is 1.83. The number of thioether (sulfide) groups is 1. The molecule has 112 valence electrons. The molecule has 3 heteroatoms. The molecule has 2 unspecified atom stereocenters. The van der Waals surface area contributed by atoms with Crippen LogP contribution in [0, 0.1) is 5.92 Å². The van der Waals surface area contributed by atoms with E-state index in [9.17, 15) is 0 Å². The summed E-state index contributed by atoms with van der Waals surface area (Å²) < 4.78 is 6.12. The number of nitrogens with zero attached hydrogens (tertiary/aromatic N) is 1. The first-order chi connectivity index (χ1) is 10.8. The Bertz CT molecular complexity index is 731. The van der Waals surface area contributed by atoms with E-state index in [1.165, 1.54) is 0 Å². The molecule has 1 aromatic carbocycles. The van der Waals surface area contributed by atoms with Crippen LogP contribution in [0.5, 0.6) is 0 Å². The predicted octanol–water partition coefficient (Wildman–Crippen LogP) is 5.23. The maximum absolute atomic E-state index is 6.12. The molecule has 2 aromatic rings. The molecule has 2 atom stereocenters. The Labute approximate surface area is 135 Å². The van der Waals surface area contributed by atoms with E-state index in [-0.39, 0.29) is 5.41 Å². The standard InChI is InChI=1S/C19H19NOS/c1-2-22-18-20-17(16(21-18)14-9-5-3-6-10-14)19-12-8-4-7-11-15(19)13-19/h3,5-12,15H,2,4,13H2,1H3. The maximum atomic E-state index is 6.12. The van der Waals surface area contributed by atoms with Crippen LogP contribution in [0.1, 0.15) is 25.5 Å². The summed E-state index contributed by atoms with van der Waals surface area (Å²) in [5.74, 6) is 2.48. The van der Waals surface area contributed by atoms with Gasteiger partial charge in [0.25, 0.3) is 5.22 Å². The van der Waals surface area contributed by atoms with Gasteiger partial charge in [-0.2, -0.15) is 0 Å². The van der Waals surface area contributed by atoms with Crippen LogP contribution < -0.4 is 0 Å². The Kier molecular flexibility index (Phi) is 3.45. The van der Waals surface area contributed by atoms with Gasteiger partial charge in [-0.15, -0.1) is 0 Å². The van der Waals surface area contributed by atoms with Crippen molar-refractivity contribution in [1.82, 2.24) is 4.98 Å². The van der Waals surface area contributed by atoms with E-state index in [0.29, 0.717) is 5.92 Å². The summed E-state index contributed by atoms with van der Waals surface area (Å²) in [7, 11) is 0. The quantitative estimate of drug-likeness (QED) is 0.571. The second kappa shape index (κ2) is 5.47. The molecule has 0 bridgehead atoms. The SMILES string of the molecule is CCSc1nc(C23C=CCC=CC2C3)c(-c2ccccc2)o1. The Morgan fingerprint density at radius 3 is 2.95 bits per heavy atom. The van der Waals surface area contributed by atoms with E-state index in [0.717, 1.165) is 40.8 Å². The van der Waals surface area contributed by atoms with Crippen LogP contribution >= 0.6 is 11.8 Å². The number of aromatic nitrogens is 1. The van der Waals surface area contributed by atoms with Crippen molar-refractivity contribution in [2.75, 3.05) is 5.75 Å². The molecule has 0 amide bonds. The average molecular weight is 309 g/mol. The molecule has 1 heterocycles. The van der Waals surface area contributed by atoms with Crippen molar-refractivity contribution in [2.45, 2.75) is 30.4 Å². The number of fused-ring (bicyclic) bond motifs is 1. The normalized spacial score (nSPS) is 25.8. The highest BCUT2D eigenvalue weighted by Crippen LogP contribution is 2.59. The summed E-state index contributed by atoms with van der Waals surface area (Å²) in [6.07, 6.45) is 11.4. The van der Waals surface area contributed by atoms with E-state index in [1.54, 1.807) is 11.8 Å². The highest BCUT2D eigenvalue weighted by Gasteiger charge is 2.55. The zero-order valence-corrected chi connectivity index (χ0v) is 13.5. The molecule has 0 radical (unpaired) electrons. The lowest BCUT2D eigenvalue weighted by Crippen LogP contribution is -2.07. The van der Waals surface area contributed by atoms with Crippen LogP contribution in [0.2, 0.25) is 0 Å². The number of hydrogen-bond acceptors (Lipinski definition) is 3. The van der Waals surface area contributed by atoms with Gasteiger partial charge < -0.3 is 4.42 Å². The summed E-state index contributed by atoms with van der Waals surface area (Å²) in [5, 5.41) is 0.790. The fourth-order valence-corrected chi connectivity index (χ4v) is 3.82. The fourth-order valence-electron chi connectivity index (χ4n) is 3.27. The van der Waals surface area contributed by atoms with Gasteiger partial charge in [0.1, 0.15) is 0 Å². The highest BCUT2D eigenvalue weighted by molar-refractivity contribution is 7.99. The van der Waals surface area contributed by atoms with Crippen molar-refractivity contribution in [3.63, 3.8) is 0 Å². The first kappa shape index (κ1) is 13.9. The van der Waals surface area contributed by atoms with Crippen LogP contribution in [0.3, 0.4) is 0 Å². The van der Waals surface area contributed by atoms with Gasteiger partial charge in [-0.1, -0.05) is 73.3 Å². The first-order valence-corrected chi connectivity index (χ1v) is 8.86. The molecule has 0 N–H and O–H groups in total. The van der Waals surface area contributed by atoms with E-state index >= 15 is 0 Å². The number of hydrogen-bond donors (Lipinski definition) is 0. The van der Waals surface area contributed by atoms with Crippen LogP contribution in [0.25, 0.3) is 11.3 Å². The van der Waals surface area contributed by atoms with Gasteiger partial charge in [0.05, 0.1) is 5.69 Å². The number of benzene rings is 1. The molecule has 0 spiro atoms. The minimum absolute atomic E-state index is 0.0498. The van der Waals surface area contributed by atoms with Crippen molar-refractivity contribution in [3.8, 4) is 11.3 Å². The summed E-state index contributed by atoms with van der Waals surface area (Å²) in [4.78, 5) is 4.87. The van der Waals surface area contributed by atoms with Crippen molar-refractivity contribution >= 4 is 11.8 Å². The molecule has 2 aliphatic rings.